The molecule has 30 heavy (non-hydrogen) atoms. The van der Waals surface area contributed by atoms with Gasteiger partial charge in [-0.2, -0.15) is 0 Å². The van der Waals surface area contributed by atoms with Crippen molar-refractivity contribution in [3.8, 4) is 0 Å². The molecule has 1 atom stereocenters. The predicted octanol–water partition coefficient (Wildman–Crippen LogP) is 4.74. The molecule has 5 rings (SSSR count). The van der Waals surface area contributed by atoms with Gasteiger partial charge in [-0.25, -0.2) is 9.78 Å². The van der Waals surface area contributed by atoms with Gasteiger partial charge in [0.2, 0.25) is 5.91 Å². The topological polar surface area (TPSA) is 68.3 Å². The van der Waals surface area contributed by atoms with E-state index in [1.807, 2.05) is 41.3 Å². The monoisotopic (exact) mass is 421 g/mol. The number of carbonyl (C=O) groups is 1. The number of piperidine rings is 1. The van der Waals surface area contributed by atoms with Crippen LogP contribution in [-0.4, -0.2) is 26.9 Å². The molecular formula is C23H23N3O3S. The minimum atomic E-state index is -0.367. The molecule has 1 aliphatic heterocycles. The Morgan fingerprint density at radius 3 is 2.87 bits per heavy atom. The van der Waals surface area contributed by atoms with E-state index in [1.54, 1.807) is 22.0 Å². The molecule has 0 N–H and O–H groups in total. The smallest absolute Gasteiger partial charge is 0.408 e. The van der Waals surface area contributed by atoms with Crippen LogP contribution in [0.2, 0.25) is 0 Å². The third-order valence-electron chi connectivity index (χ3n) is 5.76. The fraction of sp³-hybridized carbons (Fsp3) is 0.348. The van der Waals surface area contributed by atoms with Gasteiger partial charge in [0.1, 0.15) is 5.01 Å². The van der Waals surface area contributed by atoms with E-state index in [1.165, 1.54) is 0 Å². The number of para-hydroxylation sites is 3. The van der Waals surface area contributed by atoms with Crippen LogP contribution in [0.5, 0.6) is 0 Å². The number of nitrogens with zero attached hydrogens (tertiary/aromatic N) is 3. The number of rotatable bonds is 5. The first-order valence-corrected chi connectivity index (χ1v) is 11.3. The van der Waals surface area contributed by atoms with Gasteiger partial charge in [0.05, 0.1) is 21.8 Å². The molecule has 6 nitrogen and oxygen atoms in total. The number of amides is 1. The molecule has 0 bridgehead atoms. The highest BCUT2D eigenvalue weighted by Crippen LogP contribution is 2.36. The molecule has 7 heteroatoms. The quantitative estimate of drug-likeness (QED) is 0.467. The summed E-state index contributed by atoms with van der Waals surface area (Å²) in [4.78, 5) is 32.0. The number of aryl methyl sites for hydroxylation is 1. The molecule has 0 unspecified atom stereocenters. The normalized spacial score (nSPS) is 17.1. The van der Waals surface area contributed by atoms with Gasteiger partial charge in [-0.1, -0.05) is 24.3 Å². The van der Waals surface area contributed by atoms with Crippen LogP contribution in [0.3, 0.4) is 0 Å². The van der Waals surface area contributed by atoms with E-state index >= 15 is 0 Å². The van der Waals surface area contributed by atoms with Crippen LogP contribution in [0, 0.1) is 0 Å². The van der Waals surface area contributed by atoms with Crippen LogP contribution in [-0.2, 0) is 11.3 Å². The molecule has 0 spiro atoms. The third kappa shape index (κ3) is 3.54. The Bertz CT molecular complexity index is 1220. The number of benzene rings is 2. The van der Waals surface area contributed by atoms with Crippen LogP contribution in [0.15, 0.2) is 57.7 Å². The number of oxazole rings is 1. The summed E-state index contributed by atoms with van der Waals surface area (Å²) in [6.45, 7) is 1.25. The zero-order valence-electron chi connectivity index (χ0n) is 16.6. The van der Waals surface area contributed by atoms with E-state index in [2.05, 4.69) is 6.07 Å². The number of aromatic nitrogens is 2. The maximum absolute atomic E-state index is 13.1. The van der Waals surface area contributed by atoms with Gasteiger partial charge in [0.15, 0.2) is 5.58 Å². The minimum absolute atomic E-state index is 0.0566. The number of likely N-dealkylation sites (tertiary alicyclic amines) is 1. The number of thiazole rings is 1. The van der Waals surface area contributed by atoms with Gasteiger partial charge < -0.3 is 9.32 Å². The number of carbonyl (C=O) groups excluding carboxylic acids is 1. The summed E-state index contributed by atoms with van der Waals surface area (Å²) >= 11 is 1.69. The molecule has 0 radical (unpaired) electrons. The zero-order valence-corrected chi connectivity index (χ0v) is 17.4. The first kappa shape index (κ1) is 19.1. The van der Waals surface area contributed by atoms with E-state index in [0.717, 1.165) is 46.5 Å². The van der Waals surface area contributed by atoms with E-state index in [9.17, 15) is 9.59 Å². The minimum Gasteiger partial charge on any atom is -0.408 e. The summed E-state index contributed by atoms with van der Waals surface area (Å²) in [5.74, 6) is -0.228. The summed E-state index contributed by atoms with van der Waals surface area (Å²) in [7, 11) is 0. The molecule has 154 valence electrons. The fourth-order valence-electron chi connectivity index (χ4n) is 4.28. The van der Waals surface area contributed by atoms with Crippen LogP contribution >= 0.6 is 11.3 Å². The van der Waals surface area contributed by atoms with Gasteiger partial charge in [-0.3, -0.25) is 9.36 Å². The Morgan fingerprint density at radius 2 is 1.97 bits per heavy atom. The van der Waals surface area contributed by atoms with E-state index in [4.69, 9.17) is 9.40 Å². The van der Waals surface area contributed by atoms with E-state index < -0.39 is 0 Å². The second-order valence-electron chi connectivity index (χ2n) is 7.71. The van der Waals surface area contributed by atoms with Crippen molar-refractivity contribution in [1.29, 1.82) is 0 Å². The van der Waals surface area contributed by atoms with E-state index in [-0.39, 0.29) is 17.7 Å². The highest BCUT2D eigenvalue weighted by molar-refractivity contribution is 7.18. The molecule has 1 saturated heterocycles. The molecular weight excluding hydrogens is 398 g/mol. The predicted molar refractivity (Wildman–Crippen MR) is 118 cm³/mol. The molecule has 1 aliphatic rings. The van der Waals surface area contributed by atoms with Gasteiger partial charge in [-0.15, -0.1) is 11.3 Å². The molecule has 0 aliphatic carbocycles. The number of hydrogen-bond donors (Lipinski definition) is 0. The lowest BCUT2D eigenvalue weighted by Gasteiger charge is -2.34. The average Bonchev–Trinajstić information content (AvgIpc) is 3.34. The van der Waals surface area contributed by atoms with Crippen molar-refractivity contribution in [2.75, 3.05) is 6.54 Å². The van der Waals surface area contributed by atoms with Crippen LogP contribution in [0.1, 0.15) is 43.2 Å². The molecule has 1 amide bonds. The Hall–Kier alpha value is -2.93. The maximum atomic E-state index is 13.1. The third-order valence-corrected chi connectivity index (χ3v) is 6.90. The van der Waals surface area contributed by atoms with Gasteiger partial charge in [0, 0.05) is 19.5 Å². The van der Waals surface area contributed by atoms with Gasteiger partial charge >= 0.3 is 5.76 Å². The van der Waals surface area contributed by atoms with Crippen LogP contribution < -0.4 is 5.76 Å². The second kappa shape index (κ2) is 8.07. The van der Waals surface area contributed by atoms with Gasteiger partial charge in [0.25, 0.3) is 0 Å². The molecule has 2 aromatic heterocycles. The lowest BCUT2D eigenvalue weighted by Crippen LogP contribution is -2.38. The first-order valence-electron chi connectivity index (χ1n) is 10.4. The standard InChI is InChI=1S/C23H23N3O3S/c27-21(13-7-15-26-17-9-2-3-11-19(17)29-23(26)28)25-14-6-5-10-18(25)22-24-16-8-1-4-12-20(16)30-22/h1-4,8-9,11-12,18H,5-7,10,13-15H2/t18-/m1/s1. The average molecular weight is 422 g/mol. The highest BCUT2D eigenvalue weighted by atomic mass is 32.1. The number of fused-ring (bicyclic) bond motifs is 2. The highest BCUT2D eigenvalue weighted by Gasteiger charge is 2.30. The molecule has 2 aromatic carbocycles. The van der Waals surface area contributed by atoms with Crippen LogP contribution in [0.25, 0.3) is 21.3 Å². The van der Waals surface area contributed by atoms with Crippen molar-refractivity contribution in [3.05, 3.63) is 64.1 Å². The van der Waals surface area contributed by atoms with Crippen molar-refractivity contribution in [2.24, 2.45) is 0 Å². The van der Waals surface area contributed by atoms with Gasteiger partial charge in [-0.05, 0) is 49.9 Å². The van der Waals surface area contributed by atoms with Crippen molar-refractivity contribution in [2.45, 2.75) is 44.7 Å². The van der Waals surface area contributed by atoms with Crippen molar-refractivity contribution < 1.29 is 9.21 Å². The Labute approximate surface area is 177 Å². The maximum Gasteiger partial charge on any atom is 0.419 e. The molecule has 3 heterocycles. The first-order chi connectivity index (χ1) is 14.7. The summed E-state index contributed by atoms with van der Waals surface area (Å²) in [5.41, 5.74) is 2.36. The molecule has 4 aromatic rings. The number of hydrogen-bond acceptors (Lipinski definition) is 5. The summed E-state index contributed by atoms with van der Waals surface area (Å²) < 4.78 is 8.06. The van der Waals surface area contributed by atoms with Crippen molar-refractivity contribution in [3.63, 3.8) is 0 Å². The lowest BCUT2D eigenvalue weighted by atomic mass is 10.0. The molecule has 1 fully saturated rings. The van der Waals surface area contributed by atoms with Crippen LogP contribution in [0.4, 0.5) is 0 Å². The SMILES string of the molecule is O=C(CCCn1c(=O)oc2ccccc21)N1CCCC[C@@H]1c1nc2ccccc2s1. The summed E-state index contributed by atoms with van der Waals surface area (Å²) in [6.07, 6.45) is 4.11. The fourth-order valence-corrected chi connectivity index (χ4v) is 5.39. The summed E-state index contributed by atoms with van der Waals surface area (Å²) in [5, 5.41) is 1.03. The Balaban J connectivity index is 1.29. The molecule has 0 saturated carbocycles. The Morgan fingerprint density at radius 1 is 1.13 bits per heavy atom. The summed E-state index contributed by atoms with van der Waals surface area (Å²) in [6, 6.07) is 15.6. The van der Waals surface area contributed by atoms with E-state index in [0.29, 0.717) is 25.0 Å². The lowest BCUT2D eigenvalue weighted by molar-refractivity contribution is -0.135. The van der Waals surface area contributed by atoms with Crippen molar-refractivity contribution in [1.82, 2.24) is 14.5 Å². The largest absolute Gasteiger partial charge is 0.419 e. The zero-order chi connectivity index (χ0) is 20.5. The second-order valence-corrected chi connectivity index (χ2v) is 8.77. The Kier molecular flexibility index (Phi) is 5.12. The van der Waals surface area contributed by atoms with Crippen molar-refractivity contribution >= 4 is 38.6 Å².